The molecule has 2 heterocycles. The number of carbonyl (C=O) groups is 1. The molecule has 1 saturated carbocycles. The number of hydrogen-bond donors (Lipinski definition) is 3. The van der Waals surface area contributed by atoms with Gasteiger partial charge in [-0.1, -0.05) is 23.7 Å². The Kier molecular flexibility index (Phi) is 8.54. The van der Waals surface area contributed by atoms with Crippen molar-refractivity contribution in [3.05, 3.63) is 74.3 Å². The first-order chi connectivity index (χ1) is 16.4. The molecule has 180 valence electrons. The Hall–Kier alpha value is -2.05. The monoisotopic (exact) mass is 519 g/mol. The minimum Gasteiger partial charge on any atom is -0.367 e. The number of nitrogens with one attached hydrogen (secondary N) is 1. The molecule has 8 nitrogen and oxygen atoms in total. The number of hydrogen-bond acceptors (Lipinski definition) is 10. The fraction of sp³-hybridized carbons (Fsp3) is 0.348. The standard InChI is InChI=1S/C23H26ClN5O3S2/c1-14-7-19(10-15-3-2-4-17(24)8-15)33-22(14)21(30)20-11-26-13-27-23(20)28-18-6-5-16(9-18)12-32-34-29(25)31/h2-4,7-8,11,13,16,18,31H,5-6,9-10,12,25H2,1H3,(H,26,27,28). The summed E-state index contributed by atoms with van der Waals surface area (Å²) in [5, 5.41) is 13.1. The van der Waals surface area contributed by atoms with Crippen LogP contribution in [0.4, 0.5) is 5.82 Å². The van der Waals surface area contributed by atoms with Gasteiger partial charge in [0.15, 0.2) is 0 Å². The number of thiophene rings is 1. The number of ketones is 1. The van der Waals surface area contributed by atoms with E-state index in [9.17, 15) is 4.79 Å². The van der Waals surface area contributed by atoms with E-state index >= 15 is 0 Å². The van der Waals surface area contributed by atoms with E-state index < -0.39 is 0 Å². The number of aryl methyl sites for hydroxylation is 1. The van der Waals surface area contributed by atoms with E-state index in [1.165, 1.54) is 17.7 Å². The average molecular weight is 520 g/mol. The van der Waals surface area contributed by atoms with E-state index in [2.05, 4.69) is 21.4 Å². The van der Waals surface area contributed by atoms with Gasteiger partial charge in [0.05, 0.1) is 17.0 Å². The van der Waals surface area contributed by atoms with Crippen LogP contribution in [0, 0.1) is 12.8 Å². The highest BCUT2D eigenvalue weighted by atomic mass is 35.5. The summed E-state index contributed by atoms with van der Waals surface area (Å²) in [6.45, 7) is 2.44. The van der Waals surface area contributed by atoms with Gasteiger partial charge in [-0.05, 0) is 66.0 Å². The molecule has 1 aliphatic carbocycles. The van der Waals surface area contributed by atoms with Crippen molar-refractivity contribution in [1.29, 1.82) is 0 Å². The number of carbonyl (C=O) groups excluding carboxylic acids is 1. The largest absolute Gasteiger partial charge is 0.367 e. The summed E-state index contributed by atoms with van der Waals surface area (Å²) >= 11 is 8.32. The van der Waals surface area contributed by atoms with Crippen molar-refractivity contribution in [2.24, 2.45) is 11.8 Å². The number of halogens is 1. The molecule has 0 saturated heterocycles. The van der Waals surface area contributed by atoms with E-state index in [-0.39, 0.29) is 11.8 Å². The van der Waals surface area contributed by atoms with E-state index in [0.29, 0.717) is 50.6 Å². The lowest BCUT2D eigenvalue weighted by Crippen LogP contribution is -2.21. The first-order valence-corrected chi connectivity index (χ1v) is 12.8. The van der Waals surface area contributed by atoms with E-state index in [0.717, 1.165) is 41.7 Å². The molecule has 2 atom stereocenters. The van der Waals surface area contributed by atoms with Crippen LogP contribution in [0.1, 0.15) is 50.5 Å². The van der Waals surface area contributed by atoms with Gasteiger partial charge in [-0.3, -0.25) is 14.2 Å². The second-order valence-electron chi connectivity index (χ2n) is 8.33. The van der Waals surface area contributed by atoms with Crippen LogP contribution >= 0.6 is 35.2 Å². The number of benzene rings is 1. The van der Waals surface area contributed by atoms with Gasteiger partial charge in [0.1, 0.15) is 24.4 Å². The highest BCUT2D eigenvalue weighted by Gasteiger charge is 2.27. The minimum atomic E-state index is -0.0804. The topological polar surface area (TPSA) is 114 Å². The Bertz CT molecular complexity index is 1140. The second-order valence-corrected chi connectivity index (χ2v) is 10.7. The van der Waals surface area contributed by atoms with Crippen molar-refractivity contribution >= 4 is 46.8 Å². The van der Waals surface area contributed by atoms with E-state index in [4.69, 9.17) is 26.8 Å². The molecule has 1 aromatic carbocycles. The highest BCUT2D eigenvalue weighted by Crippen LogP contribution is 2.32. The van der Waals surface area contributed by atoms with Gasteiger partial charge in [0.2, 0.25) is 5.78 Å². The molecule has 4 N–H and O–H groups in total. The zero-order valence-electron chi connectivity index (χ0n) is 18.6. The van der Waals surface area contributed by atoms with Crippen molar-refractivity contribution < 1.29 is 14.2 Å². The zero-order chi connectivity index (χ0) is 24.1. The molecule has 0 bridgehead atoms. The molecule has 0 radical (unpaired) electrons. The molecule has 11 heteroatoms. The lowest BCUT2D eigenvalue weighted by atomic mass is 10.1. The molecule has 2 unspecified atom stereocenters. The SMILES string of the molecule is Cc1cc(Cc2cccc(Cl)c2)sc1C(=O)c1cncnc1NC1CCC(COSN(N)O)C1. The third kappa shape index (κ3) is 6.54. The fourth-order valence-corrected chi connectivity index (χ4v) is 5.91. The molecule has 34 heavy (non-hydrogen) atoms. The fourth-order valence-electron chi connectivity index (χ4n) is 4.17. The van der Waals surface area contributed by atoms with Gasteiger partial charge in [-0.15, -0.1) is 11.3 Å². The Labute approximate surface area is 211 Å². The number of hydrazine groups is 1. The summed E-state index contributed by atoms with van der Waals surface area (Å²) in [5.41, 5.74) is 2.51. The lowest BCUT2D eigenvalue weighted by molar-refractivity contribution is 0.00582. The van der Waals surface area contributed by atoms with Crippen LogP contribution in [-0.4, -0.2) is 38.2 Å². The van der Waals surface area contributed by atoms with Crippen molar-refractivity contribution in [1.82, 2.24) is 14.5 Å². The van der Waals surface area contributed by atoms with Crippen molar-refractivity contribution in [2.75, 3.05) is 11.9 Å². The third-order valence-corrected chi connectivity index (χ3v) is 7.58. The quantitative estimate of drug-likeness (QED) is 0.111. The molecule has 3 aromatic rings. The Morgan fingerprint density at radius 1 is 1.41 bits per heavy atom. The predicted octanol–water partition coefficient (Wildman–Crippen LogP) is 5.05. The smallest absolute Gasteiger partial charge is 0.208 e. The van der Waals surface area contributed by atoms with Crippen LogP contribution in [0.5, 0.6) is 0 Å². The Morgan fingerprint density at radius 3 is 3.06 bits per heavy atom. The normalized spacial score (nSPS) is 17.9. The zero-order valence-corrected chi connectivity index (χ0v) is 21.0. The maximum Gasteiger partial charge on any atom is 0.208 e. The number of anilines is 1. The molecule has 0 aliphatic heterocycles. The number of rotatable bonds is 10. The van der Waals surface area contributed by atoms with Crippen LogP contribution in [0.15, 0.2) is 42.9 Å². The van der Waals surface area contributed by atoms with Gasteiger partial charge in [-0.2, -0.15) is 0 Å². The first kappa shape index (κ1) is 25.1. The van der Waals surface area contributed by atoms with Crippen LogP contribution in [0.3, 0.4) is 0 Å². The molecule has 1 aliphatic rings. The third-order valence-electron chi connectivity index (χ3n) is 5.71. The summed E-state index contributed by atoms with van der Waals surface area (Å²) in [6, 6.07) is 9.99. The van der Waals surface area contributed by atoms with Crippen LogP contribution in [0.2, 0.25) is 5.02 Å². The summed E-state index contributed by atoms with van der Waals surface area (Å²) in [5.74, 6) is 5.92. The molecular formula is C23H26ClN5O3S2. The molecule has 4 rings (SSSR count). The predicted molar refractivity (Wildman–Crippen MR) is 135 cm³/mol. The van der Waals surface area contributed by atoms with Crippen molar-refractivity contribution in [2.45, 2.75) is 38.6 Å². The van der Waals surface area contributed by atoms with Gasteiger partial charge in [-0.25, -0.2) is 15.8 Å². The summed E-state index contributed by atoms with van der Waals surface area (Å²) in [4.78, 5) is 23.7. The number of nitrogens with two attached hydrogens (primary N) is 1. The summed E-state index contributed by atoms with van der Waals surface area (Å²) in [6.07, 6.45) is 6.53. The van der Waals surface area contributed by atoms with Gasteiger partial charge < -0.3 is 5.32 Å². The van der Waals surface area contributed by atoms with Gasteiger partial charge in [0.25, 0.3) is 0 Å². The maximum atomic E-state index is 13.5. The number of aromatic nitrogens is 2. The molecule has 0 spiro atoms. The molecule has 0 amide bonds. The van der Waals surface area contributed by atoms with Crippen LogP contribution in [0.25, 0.3) is 0 Å². The van der Waals surface area contributed by atoms with Gasteiger partial charge >= 0.3 is 0 Å². The lowest BCUT2D eigenvalue weighted by Gasteiger charge is -2.16. The summed E-state index contributed by atoms with van der Waals surface area (Å²) < 4.78 is 5.76. The molecular weight excluding hydrogens is 494 g/mol. The van der Waals surface area contributed by atoms with E-state index in [1.807, 2.05) is 31.2 Å². The summed E-state index contributed by atoms with van der Waals surface area (Å²) in [7, 11) is 0. The van der Waals surface area contributed by atoms with Crippen molar-refractivity contribution in [3.63, 3.8) is 0 Å². The maximum absolute atomic E-state index is 13.5. The number of nitrogens with zero attached hydrogens (tertiary/aromatic N) is 3. The molecule has 2 aromatic heterocycles. The van der Waals surface area contributed by atoms with Crippen molar-refractivity contribution in [3.8, 4) is 0 Å². The Morgan fingerprint density at radius 2 is 2.26 bits per heavy atom. The molecule has 1 fully saturated rings. The second kappa shape index (κ2) is 11.6. The van der Waals surface area contributed by atoms with Gasteiger partial charge in [0, 0.05) is 28.6 Å². The Balaban J connectivity index is 1.43. The van der Waals surface area contributed by atoms with E-state index in [1.54, 1.807) is 6.20 Å². The van der Waals surface area contributed by atoms with Crippen LogP contribution < -0.4 is 11.2 Å². The first-order valence-electron chi connectivity index (χ1n) is 10.9. The van der Waals surface area contributed by atoms with Crippen LogP contribution in [-0.2, 0) is 10.6 Å². The minimum absolute atomic E-state index is 0.0804. The average Bonchev–Trinajstić information content (AvgIpc) is 3.39. The highest BCUT2D eigenvalue weighted by molar-refractivity contribution is 7.92.